The molecular formula is C24H19NO3S. The maximum Gasteiger partial charge on any atom is 0.335 e. The van der Waals surface area contributed by atoms with E-state index in [1.54, 1.807) is 23.1 Å². The highest BCUT2D eigenvalue weighted by molar-refractivity contribution is 8.04. The molecule has 5 heteroatoms. The van der Waals surface area contributed by atoms with Crippen molar-refractivity contribution in [2.75, 3.05) is 4.90 Å². The van der Waals surface area contributed by atoms with Gasteiger partial charge < -0.3 is 10.0 Å². The van der Waals surface area contributed by atoms with Crippen LogP contribution in [0, 0.1) is 6.92 Å². The minimum absolute atomic E-state index is 0.129. The van der Waals surface area contributed by atoms with Crippen molar-refractivity contribution in [3.63, 3.8) is 0 Å². The van der Waals surface area contributed by atoms with E-state index in [1.165, 1.54) is 11.8 Å². The monoisotopic (exact) mass is 401 g/mol. The van der Waals surface area contributed by atoms with Crippen molar-refractivity contribution in [1.82, 2.24) is 0 Å². The molecule has 3 aromatic carbocycles. The molecule has 0 aromatic heterocycles. The molecule has 0 unspecified atom stereocenters. The number of amides is 1. The minimum Gasteiger partial charge on any atom is -0.478 e. The SMILES string of the molecule is Cc1cccc(CN2C(=O)/C(=C\c3ccccc3)Sc3ccc(C(=O)O)cc32)c1. The van der Waals surface area contributed by atoms with Crippen LogP contribution in [0.3, 0.4) is 0 Å². The predicted octanol–water partition coefficient (Wildman–Crippen LogP) is 5.37. The van der Waals surface area contributed by atoms with Gasteiger partial charge in [-0.15, -0.1) is 0 Å². The van der Waals surface area contributed by atoms with Gasteiger partial charge in [-0.3, -0.25) is 4.79 Å². The van der Waals surface area contributed by atoms with E-state index >= 15 is 0 Å². The number of carboxylic acid groups (broad SMARTS) is 1. The summed E-state index contributed by atoms with van der Waals surface area (Å²) in [5.41, 5.74) is 3.86. The van der Waals surface area contributed by atoms with Crippen LogP contribution in [0.1, 0.15) is 27.0 Å². The molecule has 0 spiro atoms. The lowest BCUT2D eigenvalue weighted by molar-refractivity contribution is -0.114. The third kappa shape index (κ3) is 4.10. The Morgan fingerprint density at radius 2 is 1.83 bits per heavy atom. The van der Waals surface area contributed by atoms with Gasteiger partial charge in [0, 0.05) is 4.90 Å². The zero-order valence-electron chi connectivity index (χ0n) is 15.8. The first kappa shape index (κ1) is 19.0. The molecule has 29 heavy (non-hydrogen) atoms. The molecule has 4 nitrogen and oxygen atoms in total. The quantitative estimate of drug-likeness (QED) is 0.597. The van der Waals surface area contributed by atoms with Gasteiger partial charge in [0.05, 0.1) is 22.7 Å². The Morgan fingerprint density at radius 3 is 2.55 bits per heavy atom. The van der Waals surface area contributed by atoms with Crippen LogP contribution in [0.2, 0.25) is 0 Å². The van der Waals surface area contributed by atoms with Crippen molar-refractivity contribution in [2.24, 2.45) is 0 Å². The molecule has 0 aliphatic carbocycles. The molecule has 4 rings (SSSR count). The molecule has 0 radical (unpaired) electrons. The van der Waals surface area contributed by atoms with E-state index in [2.05, 4.69) is 0 Å². The minimum atomic E-state index is -1.01. The van der Waals surface area contributed by atoms with Gasteiger partial charge in [-0.2, -0.15) is 0 Å². The highest BCUT2D eigenvalue weighted by Gasteiger charge is 2.30. The third-order valence-electron chi connectivity index (χ3n) is 4.69. The van der Waals surface area contributed by atoms with Crippen LogP contribution in [0.5, 0.6) is 0 Å². The number of fused-ring (bicyclic) bond motifs is 1. The Balaban J connectivity index is 1.79. The van der Waals surface area contributed by atoms with E-state index in [1.807, 2.05) is 67.6 Å². The van der Waals surface area contributed by atoms with Gasteiger partial charge in [-0.25, -0.2) is 4.79 Å². The summed E-state index contributed by atoms with van der Waals surface area (Å²) < 4.78 is 0. The van der Waals surface area contributed by atoms with Crippen molar-refractivity contribution in [1.29, 1.82) is 0 Å². The Hall–Kier alpha value is -3.31. The van der Waals surface area contributed by atoms with Crippen molar-refractivity contribution < 1.29 is 14.7 Å². The van der Waals surface area contributed by atoms with Crippen LogP contribution in [-0.2, 0) is 11.3 Å². The van der Waals surface area contributed by atoms with Crippen LogP contribution in [-0.4, -0.2) is 17.0 Å². The van der Waals surface area contributed by atoms with Crippen LogP contribution in [0.25, 0.3) is 6.08 Å². The van der Waals surface area contributed by atoms with Crippen LogP contribution in [0.4, 0.5) is 5.69 Å². The van der Waals surface area contributed by atoms with Crippen molar-refractivity contribution in [2.45, 2.75) is 18.4 Å². The molecular weight excluding hydrogens is 382 g/mol. The van der Waals surface area contributed by atoms with E-state index in [4.69, 9.17) is 0 Å². The molecule has 1 heterocycles. The van der Waals surface area contributed by atoms with Crippen molar-refractivity contribution in [3.8, 4) is 0 Å². The number of aromatic carboxylic acids is 1. The number of anilines is 1. The molecule has 1 N–H and O–H groups in total. The normalized spacial score (nSPS) is 14.7. The maximum atomic E-state index is 13.4. The summed E-state index contributed by atoms with van der Waals surface area (Å²) in [6.07, 6.45) is 1.88. The number of rotatable bonds is 4. The summed E-state index contributed by atoms with van der Waals surface area (Å²) in [5.74, 6) is -1.14. The van der Waals surface area contributed by atoms with Gasteiger partial charge in [0.25, 0.3) is 5.91 Å². The summed E-state index contributed by atoms with van der Waals surface area (Å²) in [4.78, 5) is 28.0. The Kier molecular flexibility index (Phi) is 5.23. The molecule has 0 saturated heterocycles. The van der Waals surface area contributed by atoms with E-state index < -0.39 is 5.97 Å². The lowest BCUT2D eigenvalue weighted by Crippen LogP contribution is -2.34. The molecule has 0 saturated carbocycles. The number of carbonyl (C=O) groups excluding carboxylic acids is 1. The van der Waals surface area contributed by atoms with Gasteiger partial charge in [0.2, 0.25) is 0 Å². The van der Waals surface area contributed by atoms with E-state index in [0.717, 1.165) is 21.6 Å². The number of benzene rings is 3. The van der Waals surface area contributed by atoms with E-state index in [0.29, 0.717) is 17.1 Å². The number of hydrogen-bond donors (Lipinski definition) is 1. The number of carboxylic acids is 1. The second kappa shape index (κ2) is 7.97. The molecule has 1 aliphatic heterocycles. The molecule has 0 bridgehead atoms. The number of aryl methyl sites for hydroxylation is 1. The van der Waals surface area contributed by atoms with E-state index in [9.17, 15) is 14.7 Å². The zero-order chi connectivity index (χ0) is 20.4. The van der Waals surface area contributed by atoms with Crippen molar-refractivity contribution >= 4 is 35.4 Å². The second-order valence-corrected chi connectivity index (χ2v) is 7.97. The van der Waals surface area contributed by atoms with Crippen LogP contribution >= 0.6 is 11.8 Å². The fraction of sp³-hybridized carbons (Fsp3) is 0.0833. The Bertz CT molecular complexity index is 1120. The Labute approximate surface area is 173 Å². The number of nitrogens with zero attached hydrogens (tertiary/aromatic N) is 1. The maximum absolute atomic E-state index is 13.4. The standard InChI is InChI=1S/C24H19NO3S/c1-16-6-5-9-18(12-16)15-25-20-14-19(24(27)28)10-11-21(20)29-22(23(25)26)13-17-7-3-2-4-8-17/h2-14H,15H2,1H3,(H,27,28)/b22-13+. The van der Waals surface area contributed by atoms with Gasteiger partial charge in [-0.1, -0.05) is 71.9 Å². The van der Waals surface area contributed by atoms with Crippen LogP contribution in [0.15, 0.2) is 82.6 Å². The number of thioether (sulfide) groups is 1. The molecule has 144 valence electrons. The summed E-state index contributed by atoms with van der Waals surface area (Å²) in [5, 5.41) is 9.39. The topological polar surface area (TPSA) is 57.6 Å². The highest BCUT2D eigenvalue weighted by atomic mass is 32.2. The average molecular weight is 401 g/mol. The molecule has 0 atom stereocenters. The molecule has 3 aromatic rings. The van der Waals surface area contributed by atoms with Gasteiger partial charge in [-0.05, 0) is 42.3 Å². The molecule has 0 fully saturated rings. The first-order valence-corrected chi connectivity index (χ1v) is 10.0. The lowest BCUT2D eigenvalue weighted by Gasteiger charge is -2.31. The summed E-state index contributed by atoms with van der Waals surface area (Å²) in [7, 11) is 0. The van der Waals surface area contributed by atoms with E-state index in [-0.39, 0.29) is 11.5 Å². The van der Waals surface area contributed by atoms with Gasteiger partial charge in [0.15, 0.2) is 0 Å². The number of carbonyl (C=O) groups is 2. The van der Waals surface area contributed by atoms with Crippen LogP contribution < -0.4 is 4.90 Å². The number of hydrogen-bond acceptors (Lipinski definition) is 3. The average Bonchev–Trinajstić information content (AvgIpc) is 2.71. The van der Waals surface area contributed by atoms with Gasteiger partial charge in [0.1, 0.15) is 0 Å². The first-order valence-electron chi connectivity index (χ1n) is 9.20. The molecule has 1 amide bonds. The fourth-order valence-corrected chi connectivity index (χ4v) is 4.33. The Morgan fingerprint density at radius 1 is 1.03 bits per heavy atom. The second-order valence-electron chi connectivity index (χ2n) is 6.89. The molecule has 1 aliphatic rings. The smallest absolute Gasteiger partial charge is 0.335 e. The summed E-state index contributed by atoms with van der Waals surface area (Å²) in [6.45, 7) is 2.39. The lowest BCUT2D eigenvalue weighted by atomic mass is 10.1. The largest absolute Gasteiger partial charge is 0.478 e. The summed E-state index contributed by atoms with van der Waals surface area (Å²) >= 11 is 1.37. The fourth-order valence-electron chi connectivity index (χ4n) is 3.29. The zero-order valence-corrected chi connectivity index (χ0v) is 16.6. The third-order valence-corrected chi connectivity index (χ3v) is 5.77. The summed E-state index contributed by atoms with van der Waals surface area (Å²) in [6, 6.07) is 22.6. The first-order chi connectivity index (χ1) is 14.0. The van der Waals surface area contributed by atoms with Crippen molar-refractivity contribution in [3.05, 3.63) is 100.0 Å². The van der Waals surface area contributed by atoms with Gasteiger partial charge >= 0.3 is 5.97 Å². The predicted molar refractivity (Wildman–Crippen MR) is 116 cm³/mol. The highest BCUT2D eigenvalue weighted by Crippen LogP contribution is 2.43.